The molecule has 1 amide bonds. The number of halogens is 1. The zero-order valence-electron chi connectivity index (χ0n) is 13.7. The predicted molar refractivity (Wildman–Crippen MR) is 93.1 cm³/mol. The molecule has 0 saturated carbocycles. The average Bonchev–Trinajstić information content (AvgIpc) is 2.62. The van der Waals surface area contributed by atoms with E-state index in [4.69, 9.17) is 0 Å². The molecular weight excluding hydrogens is 326 g/mol. The first-order valence-electron chi connectivity index (χ1n) is 7.71. The maximum absolute atomic E-state index is 11.8. The second-order valence-corrected chi connectivity index (χ2v) is 8.70. The van der Waals surface area contributed by atoms with E-state index in [1.165, 1.54) is 12.0 Å². The molecule has 3 heteroatoms. The third-order valence-corrected chi connectivity index (χ3v) is 5.02. The van der Waals surface area contributed by atoms with E-state index in [0.29, 0.717) is 22.6 Å². The van der Waals surface area contributed by atoms with Crippen molar-refractivity contribution < 1.29 is 4.79 Å². The monoisotopic (exact) mass is 351 g/mol. The standard InChI is InChI=1S/C18H26BrNO/c1-12(11-18(2,3)4)8-15(19)13-6-7-16-14(9-13)10-17(21)20(16)5/h6-7,9,12,15H,8,10-11H2,1-5H3. The van der Waals surface area contributed by atoms with Crippen LogP contribution in [0, 0.1) is 11.3 Å². The fourth-order valence-electron chi connectivity index (χ4n) is 3.30. The Morgan fingerprint density at radius 2 is 2.00 bits per heavy atom. The van der Waals surface area contributed by atoms with E-state index >= 15 is 0 Å². The Bertz CT molecular complexity index is 533. The van der Waals surface area contributed by atoms with Gasteiger partial charge in [0.05, 0.1) is 6.42 Å². The number of carbonyl (C=O) groups is 1. The molecule has 0 bridgehead atoms. The number of carbonyl (C=O) groups excluding carboxylic acids is 1. The third kappa shape index (κ3) is 4.09. The van der Waals surface area contributed by atoms with Crippen molar-refractivity contribution in [1.29, 1.82) is 0 Å². The van der Waals surface area contributed by atoms with Crippen LogP contribution in [0.1, 0.15) is 56.5 Å². The molecule has 0 N–H and O–H groups in total. The molecule has 1 aliphatic rings. The Balaban J connectivity index is 2.06. The van der Waals surface area contributed by atoms with E-state index in [0.717, 1.165) is 17.7 Å². The number of hydrogen-bond acceptors (Lipinski definition) is 1. The molecule has 2 nitrogen and oxygen atoms in total. The number of nitrogens with zero attached hydrogens (tertiary/aromatic N) is 1. The van der Waals surface area contributed by atoms with Gasteiger partial charge in [-0.25, -0.2) is 0 Å². The van der Waals surface area contributed by atoms with Crippen molar-refractivity contribution in [2.24, 2.45) is 11.3 Å². The Morgan fingerprint density at radius 1 is 1.33 bits per heavy atom. The average molecular weight is 352 g/mol. The summed E-state index contributed by atoms with van der Waals surface area (Å²) in [5.74, 6) is 0.862. The van der Waals surface area contributed by atoms with Crippen LogP contribution in [0.15, 0.2) is 18.2 Å². The minimum Gasteiger partial charge on any atom is -0.315 e. The lowest BCUT2D eigenvalue weighted by molar-refractivity contribution is -0.117. The number of rotatable bonds is 4. The minimum atomic E-state index is 0.189. The van der Waals surface area contributed by atoms with Gasteiger partial charge in [-0.05, 0) is 41.4 Å². The quantitative estimate of drug-likeness (QED) is 0.690. The van der Waals surface area contributed by atoms with Gasteiger partial charge in [0, 0.05) is 17.6 Å². The molecular formula is C18H26BrNO. The number of hydrogen-bond donors (Lipinski definition) is 0. The van der Waals surface area contributed by atoms with Crippen molar-refractivity contribution >= 4 is 27.5 Å². The fraction of sp³-hybridized carbons (Fsp3) is 0.611. The first-order valence-corrected chi connectivity index (χ1v) is 8.62. The van der Waals surface area contributed by atoms with Crippen molar-refractivity contribution in [2.45, 2.75) is 51.8 Å². The molecule has 0 saturated heterocycles. The maximum atomic E-state index is 11.8. The molecule has 0 aromatic heterocycles. The summed E-state index contributed by atoms with van der Waals surface area (Å²) in [4.78, 5) is 13.9. The zero-order valence-corrected chi connectivity index (χ0v) is 15.3. The molecule has 2 unspecified atom stereocenters. The topological polar surface area (TPSA) is 20.3 Å². The van der Waals surface area contributed by atoms with Gasteiger partial charge < -0.3 is 4.90 Å². The van der Waals surface area contributed by atoms with Gasteiger partial charge in [0.2, 0.25) is 5.91 Å². The van der Waals surface area contributed by atoms with Gasteiger partial charge in [-0.15, -0.1) is 0 Å². The van der Waals surface area contributed by atoms with Crippen LogP contribution in [0.2, 0.25) is 0 Å². The molecule has 0 aliphatic carbocycles. The van der Waals surface area contributed by atoms with Crippen LogP contribution in [0.3, 0.4) is 0 Å². The van der Waals surface area contributed by atoms with E-state index < -0.39 is 0 Å². The van der Waals surface area contributed by atoms with Crippen molar-refractivity contribution in [2.75, 3.05) is 11.9 Å². The van der Waals surface area contributed by atoms with Gasteiger partial charge in [-0.1, -0.05) is 55.8 Å². The maximum Gasteiger partial charge on any atom is 0.231 e. The van der Waals surface area contributed by atoms with Crippen LogP contribution >= 0.6 is 15.9 Å². The summed E-state index contributed by atoms with van der Waals surface area (Å²) in [7, 11) is 1.85. The van der Waals surface area contributed by atoms with Crippen LogP contribution in [-0.4, -0.2) is 13.0 Å². The first kappa shape index (κ1) is 16.5. The molecule has 0 fully saturated rings. The highest BCUT2D eigenvalue weighted by Gasteiger charge is 2.25. The Morgan fingerprint density at radius 3 is 2.62 bits per heavy atom. The van der Waals surface area contributed by atoms with Gasteiger partial charge in [0.15, 0.2) is 0 Å². The van der Waals surface area contributed by atoms with Crippen LogP contribution in [0.25, 0.3) is 0 Å². The van der Waals surface area contributed by atoms with Crippen molar-refractivity contribution in [3.8, 4) is 0 Å². The van der Waals surface area contributed by atoms with E-state index in [2.05, 4.69) is 61.8 Å². The van der Waals surface area contributed by atoms with Gasteiger partial charge in [0.1, 0.15) is 0 Å². The highest BCUT2D eigenvalue weighted by Crippen LogP contribution is 2.37. The summed E-state index contributed by atoms with van der Waals surface area (Å²) in [6, 6.07) is 6.43. The van der Waals surface area contributed by atoms with Crippen LogP contribution < -0.4 is 4.90 Å². The lowest BCUT2D eigenvalue weighted by Crippen LogP contribution is -2.20. The molecule has 2 rings (SSSR count). The first-order chi connectivity index (χ1) is 9.67. The predicted octanol–water partition coefficient (Wildman–Crippen LogP) is 5.10. The van der Waals surface area contributed by atoms with Gasteiger partial charge in [-0.2, -0.15) is 0 Å². The summed E-state index contributed by atoms with van der Waals surface area (Å²) < 4.78 is 0. The van der Waals surface area contributed by atoms with Gasteiger partial charge >= 0.3 is 0 Å². The zero-order chi connectivity index (χ0) is 15.8. The van der Waals surface area contributed by atoms with Crippen molar-refractivity contribution in [3.05, 3.63) is 29.3 Å². The van der Waals surface area contributed by atoms with Crippen molar-refractivity contribution in [1.82, 2.24) is 0 Å². The van der Waals surface area contributed by atoms with E-state index in [-0.39, 0.29) is 5.91 Å². The highest BCUT2D eigenvalue weighted by molar-refractivity contribution is 9.09. The lowest BCUT2D eigenvalue weighted by Gasteiger charge is -2.25. The van der Waals surface area contributed by atoms with Gasteiger partial charge in [-0.3, -0.25) is 4.79 Å². The lowest BCUT2D eigenvalue weighted by atomic mass is 9.83. The minimum absolute atomic E-state index is 0.189. The summed E-state index contributed by atoms with van der Waals surface area (Å²) in [6.45, 7) is 9.21. The molecule has 1 aromatic carbocycles. The Hall–Kier alpha value is -0.830. The normalized spacial score (nSPS) is 17.8. The third-order valence-electron chi connectivity index (χ3n) is 4.11. The molecule has 1 aromatic rings. The van der Waals surface area contributed by atoms with Crippen LogP contribution in [0.4, 0.5) is 5.69 Å². The molecule has 1 heterocycles. The van der Waals surface area contributed by atoms with E-state index in [9.17, 15) is 4.79 Å². The highest BCUT2D eigenvalue weighted by atomic mass is 79.9. The molecule has 2 atom stereocenters. The number of alkyl halides is 1. The second-order valence-electron chi connectivity index (χ2n) is 7.59. The smallest absolute Gasteiger partial charge is 0.231 e. The summed E-state index contributed by atoms with van der Waals surface area (Å²) in [6.07, 6.45) is 2.89. The number of benzene rings is 1. The molecule has 0 spiro atoms. The molecule has 116 valence electrons. The summed E-state index contributed by atoms with van der Waals surface area (Å²) >= 11 is 3.83. The molecule has 0 radical (unpaired) electrons. The Kier molecular flexibility index (Phi) is 4.82. The number of likely N-dealkylation sites (N-methyl/N-ethyl adjacent to an activating group) is 1. The van der Waals surface area contributed by atoms with E-state index in [1.807, 2.05) is 7.05 Å². The second kappa shape index (κ2) is 6.12. The Labute approximate surface area is 137 Å². The van der Waals surface area contributed by atoms with Crippen LogP contribution in [-0.2, 0) is 11.2 Å². The molecule has 21 heavy (non-hydrogen) atoms. The SMILES string of the molecule is CC(CC(Br)c1ccc2c(c1)CC(=O)N2C)CC(C)(C)C. The number of amides is 1. The van der Waals surface area contributed by atoms with E-state index in [1.54, 1.807) is 4.90 Å². The summed E-state index contributed by atoms with van der Waals surface area (Å²) in [5.41, 5.74) is 3.89. The molecule has 1 aliphatic heterocycles. The van der Waals surface area contributed by atoms with Crippen LogP contribution in [0.5, 0.6) is 0 Å². The van der Waals surface area contributed by atoms with Gasteiger partial charge in [0.25, 0.3) is 0 Å². The fourth-order valence-corrected chi connectivity index (χ4v) is 4.23. The summed E-state index contributed by atoms with van der Waals surface area (Å²) in [5, 5.41) is 0. The number of fused-ring (bicyclic) bond motifs is 1. The van der Waals surface area contributed by atoms with Crippen molar-refractivity contribution in [3.63, 3.8) is 0 Å². The number of anilines is 1. The largest absolute Gasteiger partial charge is 0.315 e.